The molecule has 136 valence electrons. The number of aromatic nitrogens is 3. The number of nitrogens with zero attached hydrogens (tertiary/aromatic N) is 5. The Kier molecular flexibility index (Phi) is 4.64. The zero-order valence-electron chi connectivity index (χ0n) is 14.5. The van der Waals surface area contributed by atoms with Crippen LogP contribution in [0.5, 0.6) is 0 Å². The minimum absolute atomic E-state index is 0.0263. The summed E-state index contributed by atoms with van der Waals surface area (Å²) in [5.41, 5.74) is 0.686. The summed E-state index contributed by atoms with van der Waals surface area (Å²) >= 11 is 0. The summed E-state index contributed by atoms with van der Waals surface area (Å²) in [5.74, 6) is 1.36. The topological polar surface area (TPSA) is 92.4 Å². The van der Waals surface area contributed by atoms with Crippen LogP contribution in [0.15, 0.2) is 28.9 Å². The van der Waals surface area contributed by atoms with Gasteiger partial charge in [-0.25, -0.2) is 0 Å². The molecule has 0 unspecified atom stereocenters. The van der Waals surface area contributed by atoms with Gasteiger partial charge in [0.05, 0.1) is 6.54 Å². The Morgan fingerprint density at radius 1 is 1.23 bits per heavy atom. The molecule has 0 spiro atoms. The van der Waals surface area contributed by atoms with Crippen LogP contribution in [0.4, 0.5) is 0 Å². The third-order valence-electron chi connectivity index (χ3n) is 5.03. The Balaban J connectivity index is 1.33. The van der Waals surface area contributed by atoms with Gasteiger partial charge in [-0.1, -0.05) is 11.2 Å². The van der Waals surface area contributed by atoms with E-state index < -0.39 is 0 Å². The van der Waals surface area contributed by atoms with Crippen LogP contribution in [0.1, 0.15) is 37.5 Å². The maximum absolute atomic E-state index is 12.4. The third-order valence-corrected chi connectivity index (χ3v) is 5.03. The molecule has 2 aromatic heterocycles. The molecule has 8 heteroatoms. The van der Waals surface area contributed by atoms with Gasteiger partial charge in [-0.15, -0.1) is 0 Å². The van der Waals surface area contributed by atoms with Crippen LogP contribution in [-0.4, -0.2) is 62.9 Å². The first-order valence-electron chi connectivity index (χ1n) is 9.01. The molecule has 2 aliphatic heterocycles. The second-order valence-electron chi connectivity index (χ2n) is 6.75. The predicted octanol–water partition coefficient (Wildman–Crippen LogP) is 1.46. The molecular weight excluding hydrogens is 334 g/mol. The van der Waals surface area contributed by atoms with E-state index in [1.54, 1.807) is 11.1 Å². The minimum Gasteiger partial charge on any atom is -0.341 e. The van der Waals surface area contributed by atoms with E-state index in [4.69, 9.17) is 4.52 Å². The lowest BCUT2D eigenvalue weighted by Crippen LogP contribution is -2.44. The molecule has 26 heavy (non-hydrogen) atoms. The molecule has 0 atom stereocenters. The summed E-state index contributed by atoms with van der Waals surface area (Å²) in [6.45, 7) is 2.19. The monoisotopic (exact) mass is 355 g/mol. The minimum atomic E-state index is 0.0263. The van der Waals surface area contributed by atoms with E-state index in [0.29, 0.717) is 43.5 Å². The molecule has 4 heterocycles. The van der Waals surface area contributed by atoms with E-state index in [0.717, 1.165) is 19.3 Å². The molecule has 0 bridgehead atoms. The van der Waals surface area contributed by atoms with Crippen LogP contribution in [0, 0.1) is 0 Å². The Morgan fingerprint density at radius 2 is 2.08 bits per heavy atom. The number of rotatable bonds is 4. The Morgan fingerprint density at radius 3 is 2.77 bits per heavy atom. The van der Waals surface area contributed by atoms with Gasteiger partial charge >= 0.3 is 0 Å². The van der Waals surface area contributed by atoms with Crippen molar-refractivity contribution >= 4 is 11.8 Å². The summed E-state index contributed by atoms with van der Waals surface area (Å²) in [5, 5.41) is 4.02. The van der Waals surface area contributed by atoms with Gasteiger partial charge in [0.2, 0.25) is 23.5 Å². The molecule has 0 saturated carbocycles. The largest absolute Gasteiger partial charge is 0.341 e. The lowest BCUT2D eigenvalue weighted by molar-refractivity contribution is -0.139. The highest BCUT2D eigenvalue weighted by Gasteiger charge is 2.30. The fourth-order valence-electron chi connectivity index (χ4n) is 3.51. The maximum Gasteiger partial charge on any atom is 0.242 e. The molecule has 8 nitrogen and oxygen atoms in total. The average Bonchev–Trinajstić information content (AvgIpc) is 3.32. The van der Waals surface area contributed by atoms with Crippen LogP contribution >= 0.6 is 0 Å². The highest BCUT2D eigenvalue weighted by atomic mass is 16.5. The van der Waals surface area contributed by atoms with Crippen LogP contribution in [0.3, 0.4) is 0 Å². The van der Waals surface area contributed by atoms with Crippen LogP contribution in [-0.2, 0) is 9.59 Å². The van der Waals surface area contributed by atoms with Crippen molar-refractivity contribution in [3.05, 3.63) is 30.3 Å². The summed E-state index contributed by atoms with van der Waals surface area (Å²) in [6, 6.07) is 5.57. The molecular formula is C18H21N5O3. The smallest absolute Gasteiger partial charge is 0.242 e. The van der Waals surface area contributed by atoms with Crippen molar-refractivity contribution < 1.29 is 14.1 Å². The van der Waals surface area contributed by atoms with Crippen LogP contribution < -0.4 is 0 Å². The Bertz CT molecular complexity index is 783. The molecule has 4 rings (SSSR count). The lowest BCUT2D eigenvalue weighted by atomic mass is 9.96. The van der Waals surface area contributed by atoms with E-state index in [2.05, 4.69) is 15.1 Å². The molecule has 0 aliphatic carbocycles. The van der Waals surface area contributed by atoms with Gasteiger partial charge in [0, 0.05) is 38.2 Å². The van der Waals surface area contributed by atoms with Crippen molar-refractivity contribution in [1.29, 1.82) is 0 Å². The Labute approximate surface area is 151 Å². The zero-order valence-corrected chi connectivity index (χ0v) is 14.5. The van der Waals surface area contributed by atoms with Crippen molar-refractivity contribution in [2.45, 2.75) is 31.6 Å². The first kappa shape index (κ1) is 16.7. The van der Waals surface area contributed by atoms with Gasteiger partial charge in [0.15, 0.2) is 0 Å². The van der Waals surface area contributed by atoms with E-state index >= 15 is 0 Å². The molecule has 0 aromatic carbocycles. The van der Waals surface area contributed by atoms with Gasteiger partial charge in [0.1, 0.15) is 5.69 Å². The van der Waals surface area contributed by atoms with Crippen molar-refractivity contribution in [3.63, 3.8) is 0 Å². The van der Waals surface area contributed by atoms with Gasteiger partial charge in [-0.05, 0) is 31.4 Å². The van der Waals surface area contributed by atoms with Crippen molar-refractivity contribution in [2.24, 2.45) is 0 Å². The van der Waals surface area contributed by atoms with Gasteiger partial charge in [-0.2, -0.15) is 4.98 Å². The predicted molar refractivity (Wildman–Crippen MR) is 91.9 cm³/mol. The van der Waals surface area contributed by atoms with Crippen LogP contribution in [0.2, 0.25) is 0 Å². The van der Waals surface area contributed by atoms with Crippen molar-refractivity contribution in [1.82, 2.24) is 24.9 Å². The summed E-state index contributed by atoms with van der Waals surface area (Å²) in [7, 11) is 0. The molecule has 2 fully saturated rings. The molecule has 2 aliphatic rings. The molecule has 2 saturated heterocycles. The molecule has 2 amide bonds. The fourth-order valence-corrected chi connectivity index (χ4v) is 3.51. The quantitative estimate of drug-likeness (QED) is 0.824. The summed E-state index contributed by atoms with van der Waals surface area (Å²) in [6.07, 6.45) is 4.67. The first-order chi connectivity index (χ1) is 12.7. The second-order valence-corrected chi connectivity index (χ2v) is 6.75. The van der Waals surface area contributed by atoms with E-state index in [9.17, 15) is 9.59 Å². The standard InChI is InChI=1S/C18H21N5O3/c24-15-5-3-9-23(15)12-16(25)22-10-6-13(7-11-22)18-20-17(21-26-18)14-4-1-2-8-19-14/h1-2,4,8,13H,3,5-7,9-12H2. The van der Waals surface area contributed by atoms with Crippen LogP contribution in [0.25, 0.3) is 11.5 Å². The lowest BCUT2D eigenvalue weighted by Gasteiger charge is -2.31. The number of likely N-dealkylation sites (tertiary alicyclic amines) is 2. The summed E-state index contributed by atoms with van der Waals surface area (Å²) in [4.78, 5) is 36.3. The van der Waals surface area contributed by atoms with Crippen molar-refractivity contribution in [2.75, 3.05) is 26.2 Å². The number of pyridine rings is 1. The number of carbonyl (C=O) groups excluding carboxylic acids is 2. The molecule has 0 N–H and O–H groups in total. The normalized spacial score (nSPS) is 18.5. The van der Waals surface area contributed by atoms with Crippen molar-refractivity contribution in [3.8, 4) is 11.5 Å². The SMILES string of the molecule is O=C(CN1CCCC1=O)N1CCC(c2nc(-c3ccccn3)no2)CC1. The average molecular weight is 355 g/mol. The van der Waals surface area contributed by atoms with Gasteiger partial charge < -0.3 is 14.3 Å². The van der Waals surface area contributed by atoms with Gasteiger partial charge in [0.25, 0.3) is 0 Å². The Hall–Kier alpha value is -2.77. The van der Waals surface area contributed by atoms with E-state index in [-0.39, 0.29) is 24.3 Å². The molecule has 2 aromatic rings. The zero-order chi connectivity index (χ0) is 17.9. The van der Waals surface area contributed by atoms with Gasteiger partial charge in [-0.3, -0.25) is 14.6 Å². The summed E-state index contributed by atoms with van der Waals surface area (Å²) < 4.78 is 5.42. The number of carbonyl (C=O) groups is 2. The first-order valence-corrected chi connectivity index (χ1v) is 9.01. The number of hydrogen-bond donors (Lipinski definition) is 0. The molecule has 0 radical (unpaired) electrons. The highest BCUT2D eigenvalue weighted by molar-refractivity contribution is 5.85. The highest BCUT2D eigenvalue weighted by Crippen LogP contribution is 2.28. The number of hydrogen-bond acceptors (Lipinski definition) is 6. The maximum atomic E-state index is 12.4. The fraction of sp³-hybridized carbons (Fsp3) is 0.500. The van der Waals surface area contributed by atoms with E-state index in [1.165, 1.54) is 0 Å². The number of amides is 2. The second kappa shape index (κ2) is 7.23. The number of piperidine rings is 1. The van der Waals surface area contributed by atoms with E-state index in [1.807, 2.05) is 23.1 Å². The third kappa shape index (κ3) is 3.44.